The molecule has 6 rings (SSSR count). The van der Waals surface area contributed by atoms with E-state index in [4.69, 9.17) is 0 Å². The number of hydrogen-bond donors (Lipinski definition) is 0. The number of thiophene rings is 1. The second-order valence-corrected chi connectivity index (χ2v) is 16.1. The van der Waals surface area contributed by atoms with Gasteiger partial charge in [-0.1, -0.05) is 36.4 Å². The van der Waals surface area contributed by atoms with E-state index in [1.165, 1.54) is 20.5 Å². The van der Waals surface area contributed by atoms with E-state index in [-0.39, 0.29) is 43.8 Å². The van der Waals surface area contributed by atoms with E-state index < -0.39 is 56.9 Å². The molecule has 3 aromatic rings. The second kappa shape index (κ2) is 14.3. The van der Waals surface area contributed by atoms with Crippen molar-refractivity contribution < 1.29 is 44.3 Å². The van der Waals surface area contributed by atoms with Gasteiger partial charge in [-0.05, 0) is 60.9 Å². The summed E-state index contributed by atoms with van der Waals surface area (Å²) in [7, 11) is -3.55. The predicted octanol–water partition coefficient (Wildman–Crippen LogP) is 5.86. The molecule has 0 saturated carbocycles. The number of likely N-dealkylation sites (tertiary alicyclic amines) is 1. The number of piperidine rings is 1. The first kappa shape index (κ1) is 36.3. The number of amides is 2. The maximum atomic E-state index is 13.8. The van der Waals surface area contributed by atoms with Crippen molar-refractivity contribution in [1.29, 1.82) is 0 Å². The lowest BCUT2D eigenvalue weighted by Crippen LogP contribution is -2.55. The first-order chi connectivity index (χ1) is 23.6. The zero-order valence-electron chi connectivity index (χ0n) is 26.9. The van der Waals surface area contributed by atoms with Gasteiger partial charge in [0.2, 0.25) is 5.91 Å². The topological polar surface area (TPSA) is 81.2 Å². The Labute approximate surface area is 290 Å². The normalized spacial score (nSPS) is 23.0. The van der Waals surface area contributed by atoms with Crippen molar-refractivity contribution in [2.45, 2.75) is 54.3 Å². The van der Waals surface area contributed by atoms with Gasteiger partial charge >= 0.3 is 12.4 Å². The number of carbonyl (C=O) groups excluding carboxylic acids is 2. The summed E-state index contributed by atoms with van der Waals surface area (Å²) in [4.78, 5) is 32.8. The zero-order chi connectivity index (χ0) is 35.8. The third kappa shape index (κ3) is 7.87. The molecule has 8 nitrogen and oxygen atoms in total. The van der Waals surface area contributed by atoms with Crippen LogP contribution in [0.2, 0.25) is 0 Å². The van der Waals surface area contributed by atoms with Crippen LogP contribution in [0.4, 0.5) is 26.3 Å². The Hall–Kier alpha value is -3.47. The van der Waals surface area contributed by atoms with Crippen LogP contribution in [0.1, 0.15) is 46.3 Å². The number of piperazine rings is 1. The third-order valence-electron chi connectivity index (χ3n) is 9.83. The fourth-order valence-corrected chi connectivity index (χ4v) is 9.83. The minimum atomic E-state index is -5.10. The highest BCUT2D eigenvalue weighted by Crippen LogP contribution is 2.38. The number of alkyl halides is 6. The molecule has 16 heteroatoms. The Morgan fingerprint density at radius 2 is 1.46 bits per heavy atom. The first-order valence-electron chi connectivity index (χ1n) is 16.3. The summed E-state index contributed by atoms with van der Waals surface area (Å²) in [5, 5.41) is 1.73. The molecule has 3 atom stereocenters. The van der Waals surface area contributed by atoms with Gasteiger partial charge in [-0.25, -0.2) is 8.42 Å². The summed E-state index contributed by atoms with van der Waals surface area (Å²) >= 11 is 1.18. The highest BCUT2D eigenvalue weighted by Gasteiger charge is 2.42. The van der Waals surface area contributed by atoms with Crippen molar-refractivity contribution in [2.24, 2.45) is 5.92 Å². The summed E-state index contributed by atoms with van der Waals surface area (Å²) in [6.07, 6.45) is -8.84. The quantitative estimate of drug-likeness (QED) is 0.284. The molecule has 0 aliphatic carbocycles. The van der Waals surface area contributed by atoms with Gasteiger partial charge in [0, 0.05) is 69.4 Å². The Morgan fingerprint density at radius 1 is 0.800 bits per heavy atom. The summed E-state index contributed by atoms with van der Waals surface area (Å²) in [5.74, 6) is -1.56. The maximum Gasteiger partial charge on any atom is 0.416 e. The monoisotopic (exact) mass is 742 g/mol. The highest BCUT2D eigenvalue weighted by molar-refractivity contribution is 7.91. The largest absolute Gasteiger partial charge is 0.416 e. The van der Waals surface area contributed by atoms with Gasteiger partial charge < -0.3 is 9.80 Å². The molecule has 1 aromatic heterocycles. The van der Waals surface area contributed by atoms with Gasteiger partial charge in [-0.15, -0.1) is 11.3 Å². The summed E-state index contributed by atoms with van der Waals surface area (Å²) in [6.45, 7) is 2.76. The maximum absolute atomic E-state index is 13.8. The van der Waals surface area contributed by atoms with Gasteiger partial charge in [-0.3, -0.25) is 14.5 Å². The van der Waals surface area contributed by atoms with Crippen molar-refractivity contribution in [3.8, 4) is 0 Å². The second-order valence-electron chi connectivity index (χ2n) is 13.0. The van der Waals surface area contributed by atoms with Crippen LogP contribution in [0, 0.1) is 5.92 Å². The van der Waals surface area contributed by atoms with Crippen LogP contribution < -0.4 is 0 Å². The van der Waals surface area contributed by atoms with E-state index in [0.717, 1.165) is 5.56 Å². The molecular weight excluding hydrogens is 707 g/mol. The predicted molar refractivity (Wildman–Crippen MR) is 174 cm³/mol. The molecule has 3 saturated heterocycles. The molecule has 2 amide bonds. The van der Waals surface area contributed by atoms with Crippen LogP contribution in [0.5, 0.6) is 0 Å². The lowest BCUT2D eigenvalue weighted by molar-refractivity contribution is -0.143. The van der Waals surface area contributed by atoms with Gasteiger partial charge in [-0.2, -0.15) is 30.6 Å². The molecule has 3 aliphatic heterocycles. The van der Waals surface area contributed by atoms with Crippen molar-refractivity contribution in [3.63, 3.8) is 0 Å². The van der Waals surface area contributed by atoms with Gasteiger partial charge in [0.15, 0.2) is 0 Å². The van der Waals surface area contributed by atoms with Crippen LogP contribution in [0.25, 0.3) is 0 Å². The van der Waals surface area contributed by atoms with Crippen LogP contribution >= 0.6 is 11.3 Å². The van der Waals surface area contributed by atoms with Crippen molar-refractivity contribution >= 4 is 33.2 Å². The third-order valence-corrected chi connectivity index (χ3v) is 13.1. The molecule has 270 valence electrons. The van der Waals surface area contributed by atoms with Gasteiger partial charge in [0.25, 0.3) is 15.9 Å². The molecule has 0 radical (unpaired) electrons. The average Bonchev–Trinajstić information content (AvgIpc) is 3.82. The number of nitrogens with zero attached hydrogens (tertiary/aromatic N) is 4. The lowest BCUT2D eigenvalue weighted by Gasteiger charge is -2.43. The zero-order valence-corrected chi connectivity index (χ0v) is 28.5. The van der Waals surface area contributed by atoms with Crippen LogP contribution in [-0.2, 0) is 33.6 Å². The smallest absolute Gasteiger partial charge is 0.340 e. The molecular formula is C34H36F6N4O4S2. The highest BCUT2D eigenvalue weighted by atomic mass is 32.2. The van der Waals surface area contributed by atoms with Crippen molar-refractivity contribution in [2.75, 3.05) is 45.8 Å². The standard InChI is InChI=1S/C34H36F6N4O4S2/c35-33(36,37)26-18-25(19-27(21-26)34(38,39)40)32(46)44-11-8-24(20-29(44)17-23-5-2-1-3-6-23)31(45)42-14-12-41(13-15-42)28-9-10-43(22-28)50(47,48)30-7-4-16-49-30/h1-7,16,18-19,21,24,28-29H,8-15,17,20,22H2. The van der Waals surface area contributed by atoms with Crippen LogP contribution in [0.3, 0.4) is 0 Å². The average molecular weight is 743 g/mol. The number of sulfonamides is 1. The van der Waals surface area contributed by atoms with E-state index >= 15 is 0 Å². The van der Waals surface area contributed by atoms with E-state index in [1.54, 1.807) is 40.6 Å². The van der Waals surface area contributed by atoms with Crippen molar-refractivity contribution in [3.05, 3.63) is 88.3 Å². The number of hydrogen-bond acceptors (Lipinski definition) is 6. The van der Waals surface area contributed by atoms with Crippen LogP contribution in [-0.4, -0.2) is 97.1 Å². The number of carbonyl (C=O) groups is 2. The molecule has 4 heterocycles. The molecule has 0 N–H and O–H groups in total. The fourth-order valence-electron chi connectivity index (χ4n) is 7.20. The Morgan fingerprint density at radius 3 is 2.06 bits per heavy atom. The Bertz CT molecular complexity index is 1750. The molecule has 0 bridgehead atoms. The van der Waals surface area contributed by atoms with Gasteiger partial charge in [0.1, 0.15) is 4.21 Å². The number of halogens is 6. The van der Waals surface area contributed by atoms with E-state index in [1.807, 2.05) is 12.1 Å². The molecule has 0 spiro atoms. The summed E-state index contributed by atoms with van der Waals surface area (Å²) in [5.41, 5.74) is -3.02. The molecule has 3 fully saturated rings. The molecule has 2 aromatic carbocycles. The van der Waals surface area contributed by atoms with Crippen LogP contribution in [0.15, 0.2) is 70.3 Å². The lowest BCUT2D eigenvalue weighted by atomic mass is 9.86. The minimum Gasteiger partial charge on any atom is -0.340 e. The first-order valence-corrected chi connectivity index (χ1v) is 18.6. The molecule has 50 heavy (non-hydrogen) atoms. The molecule has 3 aliphatic rings. The van der Waals surface area contributed by atoms with Crippen molar-refractivity contribution in [1.82, 2.24) is 19.0 Å². The summed E-state index contributed by atoms with van der Waals surface area (Å²) < 4.78 is 109. The number of benzene rings is 2. The summed E-state index contributed by atoms with van der Waals surface area (Å²) in [6, 6.07) is 12.6. The Balaban J connectivity index is 1.13. The van der Waals surface area contributed by atoms with E-state index in [9.17, 15) is 44.3 Å². The van der Waals surface area contributed by atoms with Gasteiger partial charge in [0.05, 0.1) is 11.1 Å². The molecule has 3 unspecified atom stereocenters. The van der Waals surface area contributed by atoms with E-state index in [0.29, 0.717) is 62.0 Å². The Kier molecular flexibility index (Phi) is 10.4. The number of rotatable bonds is 7. The SMILES string of the molecule is O=C(C1CCN(C(=O)c2cc(C(F)(F)F)cc(C(F)(F)F)c2)C(Cc2ccccc2)C1)N1CCN(C2CCN(S(=O)(=O)c3cccs3)C2)CC1. The van der Waals surface area contributed by atoms with E-state index in [2.05, 4.69) is 4.90 Å². The minimum absolute atomic E-state index is 0.00134. The fraction of sp³-hybridized carbons (Fsp3) is 0.471.